The summed E-state index contributed by atoms with van der Waals surface area (Å²) in [6.45, 7) is 5.98. The van der Waals surface area contributed by atoms with Gasteiger partial charge in [-0.1, -0.05) is 0 Å². The van der Waals surface area contributed by atoms with Gasteiger partial charge in [0, 0.05) is 0 Å². The first-order valence-corrected chi connectivity index (χ1v) is 11.3. The molecule has 1 fully saturated rings. The van der Waals surface area contributed by atoms with E-state index in [0.29, 0.717) is 11.5 Å². The summed E-state index contributed by atoms with van der Waals surface area (Å²) >= 11 is 0. The summed E-state index contributed by atoms with van der Waals surface area (Å²) in [4.78, 5) is 11.6. The molecule has 1 saturated heterocycles. The third-order valence-electron chi connectivity index (χ3n) is 2.53. The first-order valence-electron chi connectivity index (χ1n) is 6.01. The predicted molar refractivity (Wildman–Crippen MR) is 73.1 cm³/mol. The molecule has 1 spiro atoms. The molecule has 2 heterocycles. The molecule has 1 N–H and O–H groups in total. The van der Waals surface area contributed by atoms with Crippen LogP contribution in [0.5, 0.6) is 11.5 Å². The first-order chi connectivity index (χ1) is 8.79. The SMILES string of the molecule is C[Si](C)(C)OP12(NCC(=O)O1)Oc1ccccc1O2. The van der Waals surface area contributed by atoms with E-state index >= 15 is 0 Å². The quantitative estimate of drug-likeness (QED) is 0.669. The van der Waals surface area contributed by atoms with E-state index in [4.69, 9.17) is 17.8 Å². The molecule has 0 unspecified atom stereocenters. The van der Waals surface area contributed by atoms with Crippen molar-refractivity contribution in [2.24, 2.45) is 0 Å². The van der Waals surface area contributed by atoms with Gasteiger partial charge in [-0.15, -0.1) is 0 Å². The second-order valence-corrected chi connectivity index (χ2v) is 12.9. The van der Waals surface area contributed by atoms with Gasteiger partial charge in [-0.25, -0.2) is 0 Å². The zero-order chi connectivity index (χ0) is 13.8. The Balaban J connectivity index is 2.05. The van der Waals surface area contributed by atoms with E-state index in [-0.39, 0.29) is 6.54 Å². The molecule has 0 saturated carbocycles. The van der Waals surface area contributed by atoms with E-state index in [1.165, 1.54) is 0 Å². The van der Waals surface area contributed by atoms with Crippen LogP contribution in [0.3, 0.4) is 0 Å². The van der Waals surface area contributed by atoms with E-state index in [9.17, 15) is 4.79 Å². The number of benzene rings is 1. The number of rotatable bonds is 2. The third kappa shape index (κ3) is 2.12. The maximum atomic E-state index is 11.6. The fourth-order valence-electron chi connectivity index (χ4n) is 2.06. The van der Waals surface area contributed by atoms with E-state index < -0.39 is 21.9 Å². The van der Waals surface area contributed by atoms with Crippen molar-refractivity contribution < 1.29 is 22.6 Å². The standard InChI is InChI=1S/C11H16NO5PSi/c1-19(2,3)17-18(12-8-11(13)16-18)14-9-6-4-5-7-10(9)15-18/h4-7,12H,8H2,1-3H3. The van der Waals surface area contributed by atoms with Crippen molar-refractivity contribution in [1.29, 1.82) is 0 Å². The molecule has 104 valence electrons. The monoisotopic (exact) mass is 301 g/mol. The molecule has 19 heavy (non-hydrogen) atoms. The summed E-state index contributed by atoms with van der Waals surface area (Å²) in [7, 11) is -6.11. The Morgan fingerprint density at radius 3 is 2.16 bits per heavy atom. The molecule has 0 amide bonds. The van der Waals surface area contributed by atoms with Crippen LogP contribution in [-0.4, -0.2) is 20.8 Å². The minimum absolute atomic E-state index is 0.0241. The average molecular weight is 301 g/mol. The van der Waals surface area contributed by atoms with Gasteiger partial charge < -0.3 is 0 Å². The summed E-state index contributed by atoms with van der Waals surface area (Å²) in [6.07, 6.45) is 0. The number of fused-ring (bicyclic) bond motifs is 1. The molecule has 0 radical (unpaired) electrons. The number of para-hydroxylation sites is 2. The summed E-state index contributed by atoms with van der Waals surface area (Å²) in [5.74, 6) is 0.630. The summed E-state index contributed by atoms with van der Waals surface area (Å²) < 4.78 is 23.2. The van der Waals surface area contributed by atoms with Crippen molar-refractivity contribution in [3.8, 4) is 11.5 Å². The van der Waals surface area contributed by atoms with E-state index in [1.54, 1.807) is 12.1 Å². The Morgan fingerprint density at radius 1 is 1.16 bits per heavy atom. The van der Waals surface area contributed by atoms with Gasteiger partial charge in [-0.05, 0) is 0 Å². The van der Waals surface area contributed by atoms with Crippen LogP contribution in [0.15, 0.2) is 24.3 Å². The third-order valence-corrected chi connectivity index (χ3v) is 8.20. The minimum atomic E-state index is -4.05. The molecule has 0 aliphatic carbocycles. The molecule has 2 aliphatic heterocycles. The van der Waals surface area contributed by atoms with Crippen molar-refractivity contribution in [2.45, 2.75) is 19.6 Å². The van der Waals surface area contributed by atoms with Crippen LogP contribution in [-0.2, 0) is 13.5 Å². The van der Waals surface area contributed by atoms with Crippen LogP contribution in [0, 0.1) is 0 Å². The average Bonchev–Trinajstić information content (AvgIpc) is 2.74. The van der Waals surface area contributed by atoms with Crippen LogP contribution in [0.25, 0.3) is 0 Å². The molecule has 2 aliphatic rings. The molecule has 0 aromatic heterocycles. The van der Waals surface area contributed by atoms with Crippen molar-refractivity contribution in [2.75, 3.05) is 6.54 Å². The summed E-state index contributed by atoms with van der Waals surface area (Å²) in [5, 5.41) is 2.93. The molecule has 1 aromatic rings. The van der Waals surface area contributed by atoms with Gasteiger partial charge in [0.15, 0.2) is 0 Å². The van der Waals surface area contributed by atoms with Crippen molar-refractivity contribution in [3.63, 3.8) is 0 Å². The molecule has 1 aromatic carbocycles. The van der Waals surface area contributed by atoms with Gasteiger partial charge in [0.2, 0.25) is 0 Å². The van der Waals surface area contributed by atoms with E-state index in [0.717, 1.165) is 0 Å². The van der Waals surface area contributed by atoms with Crippen molar-refractivity contribution in [3.05, 3.63) is 24.3 Å². The van der Waals surface area contributed by atoms with Gasteiger partial charge in [0.05, 0.1) is 0 Å². The second kappa shape index (κ2) is 3.70. The Labute approximate surface area is 112 Å². The van der Waals surface area contributed by atoms with Crippen LogP contribution in [0.2, 0.25) is 19.6 Å². The zero-order valence-corrected chi connectivity index (χ0v) is 12.9. The Hall–Kier alpha value is -1.14. The maximum absolute atomic E-state index is 11.6. The summed E-state index contributed by atoms with van der Waals surface area (Å²) in [6, 6.07) is 7.18. The molecule has 6 nitrogen and oxygen atoms in total. The number of carbonyl (C=O) groups is 1. The number of hydrogen-bond acceptors (Lipinski definition) is 6. The Morgan fingerprint density at radius 2 is 1.74 bits per heavy atom. The van der Waals surface area contributed by atoms with Gasteiger partial charge in [-0.3, -0.25) is 0 Å². The molecule has 3 rings (SSSR count). The molecule has 0 atom stereocenters. The molecular weight excluding hydrogens is 285 g/mol. The summed E-state index contributed by atoms with van der Waals surface area (Å²) in [5.41, 5.74) is 0. The number of carbonyl (C=O) groups excluding carboxylic acids is 1. The predicted octanol–water partition coefficient (Wildman–Crippen LogP) is 2.58. The molecule has 0 bridgehead atoms. The van der Waals surface area contributed by atoms with Crippen LogP contribution in [0.1, 0.15) is 0 Å². The first kappa shape index (κ1) is 12.9. The zero-order valence-electron chi connectivity index (χ0n) is 11.0. The van der Waals surface area contributed by atoms with Gasteiger partial charge in [0.25, 0.3) is 0 Å². The second-order valence-electron chi connectivity index (χ2n) is 5.44. The van der Waals surface area contributed by atoms with Crippen LogP contribution >= 0.6 is 7.66 Å². The Bertz CT molecular complexity index is 533. The van der Waals surface area contributed by atoms with E-state index in [2.05, 4.69) is 5.09 Å². The van der Waals surface area contributed by atoms with Gasteiger partial charge in [0.1, 0.15) is 0 Å². The van der Waals surface area contributed by atoms with Crippen LogP contribution in [0.4, 0.5) is 0 Å². The van der Waals surface area contributed by atoms with Crippen molar-refractivity contribution >= 4 is 21.9 Å². The molecular formula is C11H16NO5PSi. The number of hydrogen-bond donors (Lipinski definition) is 1. The van der Waals surface area contributed by atoms with Gasteiger partial charge in [-0.2, -0.15) is 0 Å². The van der Waals surface area contributed by atoms with Crippen molar-refractivity contribution in [1.82, 2.24) is 5.09 Å². The van der Waals surface area contributed by atoms with E-state index in [1.807, 2.05) is 31.8 Å². The fraction of sp³-hybridized carbons (Fsp3) is 0.364. The topological polar surface area (TPSA) is 66.0 Å². The molecule has 8 heteroatoms. The fourth-order valence-corrected chi connectivity index (χ4v) is 8.63. The van der Waals surface area contributed by atoms with Gasteiger partial charge >= 0.3 is 112 Å². The number of nitrogens with one attached hydrogen (secondary N) is 1. The normalized spacial score (nSPS) is 24.8. The Kier molecular flexibility index (Phi) is 2.50. The van der Waals surface area contributed by atoms with Crippen LogP contribution < -0.4 is 14.1 Å².